The van der Waals surface area contributed by atoms with Gasteiger partial charge in [-0.05, 0) is 33.1 Å². The number of carbonyl (C=O) groups is 2. The van der Waals surface area contributed by atoms with Gasteiger partial charge in [-0.2, -0.15) is 0 Å². The number of nitrogens with one attached hydrogen (secondary N) is 1. The van der Waals surface area contributed by atoms with Gasteiger partial charge in [0.15, 0.2) is 0 Å². The number of amides is 2. The molecule has 0 rings (SSSR count). The molecule has 2 unspecified atom stereocenters. The summed E-state index contributed by atoms with van der Waals surface area (Å²) < 4.78 is 5.11. The van der Waals surface area contributed by atoms with Crippen molar-refractivity contribution in [1.82, 2.24) is 5.32 Å². The number of primary amides is 1. The third-order valence-corrected chi connectivity index (χ3v) is 2.92. The highest BCUT2D eigenvalue weighted by molar-refractivity contribution is 5.84. The SMILES string of the molecule is CCC(C)CCCC(NC(=O)OC(C)(C)C)C(N)=O. The average Bonchev–Trinajstić information content (AvgIpc) is 2.24. The Bertz CT molecular complexity index is 298. The summed E-state index contributed by atoms with van der Waals surface area (Å²) in [4.78, 5) is 22.9. The second kappa shape index (κ2) is 8.02. The molecule has 0 bridgehead atoms. The molecule has 0 radical (unpaired) electrons. The Hall–Kier alpha value is -1.26. The van der Waals surface area contributed by atoms with Gasteiger partial charge in [-0.3, -0.25) is 4.79 Å². The summed E-state index contributed by atoms with van der Waals surface area (Å²) in [6.45, 7) is 9.62. The van der Waals surface area contributed by atoms with Gasteiger partial charge in [0.05, 0.1) is 0 Å². The minimum absolute atomic E-state index is 0.519. The van der Waals surface area contributed by atoms with Crippen molar-refractivity contribution in [2.75, 3.05) is 0 Å². The fraction of sp³-hybridized carbons (Fsp3) is 0.857. The van der Waals surface area contributed by atoms with Crippen LogP contribution in [0.1, 0.15) is 60.3 Å². The maximum atomic E-state index is 11.6. The molecular formula is C14H28N2O3. The smallest absolute Gasteiger partial charge is 0.408 e. The highest BCUT2D eigenvalue weighted by Crippen LogP contribution is 2.13. The Kier molecular flexibility index (Phi) is 7.49. The Morgan fingerprint density at radius 2 is 1.84 bits per heavy atom. The lowest BCUT2D eigenvalue weighted by Crippen LogP contribution is -2.46. The van der Waals surface area contributed by atoms with Crippen LogP contribution in [0.25, 0.3) is 0 Å². The van der Waals surface area contributed by atoms with Crippen LogP contribution in [-0.2, 0) is 9.53 Å². The van der Waals surface area contributed by atoms with Crippen LogP contribution in [0.3, 0.4) is 0 Å². The molecule has 0 saturated carbocycles. The van der Waals surface area contributed by atoms with Crippen molar-refractivity contribution >= 4 is 12.0 Å². The number of ether oxygens (including phenoxy) is 1. The van der Waals surface area contributed by atoms with Crippen molar-refractivity contribution in [3.05, 3.63) is 0 Å². The van der Waals surface area contributed by atoms with Crippen LogP contribution in [0.2, 0.25) is 0 Å². The van der Waals surface area contributed by atoms with Crippen LogP contribution in [0.5, 0.6) is 0 Å². The second-order valence-corrected chi connectivity index (χ2v) is 6.05. The first-order valence-corrected chi connectivity index (χ1v) is 6.94. The predicted molar refractivity (Wildman–Crippen MR) is 75.7 cm³/mol. The van der Waals surface area contributed by atoms with Crippen LogP contribution in [-0.4, -0.2) is 23.6 Å². The summed E-state index contributed by atoms with van der Waals surface area (Å²) >= 11 is 0. The maximum Gasteiger partial charge on any atom is 0.408 e. The molecule has 3 N–H and O–H groups in total. The highest BCUT2D eigenvalue weighted by Gasteiger charge is 2.22. The van der Waals surface area contributed by atoms with Gasteiger partial charge >= 0.3 is 6.09 Å². The molecular weight excluding hydrogens is 244 g/mol. The van der Waals surface area contributed by atoms with E-state index in [1.54, 1.807) is 20.8 Å². The van der Waals surface area contributed by atoms with Crippen molar-refractivity contribution in [2.24, 2.45) is 11.7 Å². The van der Waals surface area contributed by atoms with Crippen molar-refractivity contribution in [2.45, 2.75) is 71.9 Å². The summed E-state index contributed by atoms with van der Waals surface area (Å²) in [5.41, 5.74) is 4.71. The zero-order valence-electron chi connectivity index (χ0n) is 12.8. The van der Waals surface area contributed by atoms with Gasteiger partial charge in [-0.1, -0.05) is 33.1 Å². The Labute approximate surface area is 116 Å². The molecule has 0 spiro atoms. The molecule has 2 amide bonds. The second-order valence-electron chi connectivity index (χ2n) is 6.05. The molecule has 0 aromatic rings. The zero-order valence-corrected chi connectivity index (χ0v) is 12.8. The molecule has 19 heavy (non-hydrogen) atoms. The van der Waals surface area contributed by atoms with Gasteiger partial charge in [-0.15, -0.1) is 0 Å². The standard InChI is InChI=1S/C14H28N2O3/c1-6-10(2)8-7-9-11(12(15)17)16-13(18)19-14(3,4)5/h10-11H,6-9H2,1-5H3,(H2,15,17)(H,16,18). The van der Waals surface area contributed by atoms with E-state index in [2.05, 4.69) is 19.2 Å². The van der Waals surface area contributed by atoms with E-state index in [4.69, 9.17) is 10.5 Å². The number of rotatable bonds is 7. The molecule has 0 aromatic carbocycles. The fourth-order valence-corrected chi connectivity index (χ4v) is 1.61. The van der Waals surface area contributed by atoms with Gasteiger partial charge in [0.25, 0.3) is 0 Å². The van der Waals surface area contributed by atoms with E-state index in [0.717, 1.165) is 19.3 Å². The van der Waals surface area contributed by atoms with Crippen LogP contribution < -0.4 is 11.1 Å². The van der Waals surface area contributed by atoms with Crippen molar-refractivity contribution in [3.8, 4) is 0 Å². The van der Waals surface area contributed by atoms with Crippen molar-refractivity contribution in [1.29, 1.82) is 0 Å². The molecule has 0 fully saturated rings. The number of carbonyl (C=O) groups excluding carboxylic acids is 2. The number of nitrogens with two attached hydrogens (primary N) is 1. The Morgan fingerprint density at radius 1 is 1.26 bits per heavy atom. The van der Waals surface area contributed by atoms with Crippen LogP contribution >= 0.6 is 0 Å². The van der Waals surface area contributed by atoms with Gasteiger partial charge in [0, 0.05) is 0 Å². The molecule has 0 aliphatic carbocycles. The molecule has 0 saturated heterocycles. The quantitative estimate of drug-likeness (QED) is 0.747. The van der Waals surface area contributed by atoms with Crippen molar-refractivity contribution < 1.29 is 14.3 Å². The molecule has 0 aromatic heterocycles. The maximum absolute atomic E-state index is 11.6. The van der Waals surface area contributed by atoms with Gasteiger partial charge < -0.3 is 15.8 Å². The first kappa shape index (κ1) is 17.7. The predicted octanol–water partition coefficient (Wildman–Crippen LogP) is 2.58. The summed E-state index contributed by atoms with van der Waals surface area (Å²) in [6.07, 6.45) is 2.95. The normalized spacial score (nSPS) is 14.6. The summed E-state index contributed by atoms with van der Waals surface area (Å²) in [5, 5.41) is 2.53. The average molecular weight is 272 g/mol. The molecule has 0 aliphatic rings. The molecule has 0 heterocycles. The van der Waals surface area contributed by atoms with E-state index in [-0.39, 0.29) is 0 Å². The Morgan fingerprint density at radius 3 is 2.26 bits per heavy atom. The minimum atomic E-state index is -0.654. The third kappa shape index (κ3) is 9.33. The monoisotopic (exact) mass is 272 g/mol. The molecule has 0 aliphatic heterocycles. The van der Waals surface area contributed by atoms with E-state index in [9.17, 15) is 9.59 Å². The minimum Gasteiger partial charge on any atom is -0.444 e. The topological polar surface area (TPSA) is 81.4 Å². The lowest BCUT2D eigenvalue weighted by Gasteiger charge is -2.22. The van der Waals surface area contributed by atoms with E-state index in [1.807, 2.05) is 0 Å². The molecule has 112 valence electrons. The van der Waals surface area contributed by atoms with E-state index in [0.29, 0.717) is 12.3 Å². The lowest BCUT2D eigenvalue weighted by atomic mass is 9.99. The molecule has 5 heteroatoms. The number of alkyl carbamates (subject to hydrolysis) is 1. The highest BCUT2D eigenvalue weighted by atomic mass is 16.6. The lowest BCUT2D eigenvalue weighted by molar-refractivity contribution is -0.120. The van der Waals surface area contributed by atoms with Crippen molar-refractivity contribution in [3.63, 3.8) is 0 Å². The third-order valence-electron chi connectivity index (χ3n) is 2.92. The summed E-state index contributed by atoms with van der Waals surface area (Å²) in [6, 6.07) is -0.654. The largest absolute Gasteiger partial charge is 0.444 e. The van der Waals surface area contributed by atoms with Gasteiger partial charge in [-0.25, -0.2) is 4.79 Å². The van der Waals surface area contributed by atoms with Gasteiger partial charge in [0.1, 0.15) is 11.6 Å². The van der Waals surface area contributed by atoms with E-state index < -0.39 is 23.6 Å². The van der Waals surface area contributed by atoms with Gasteiger partial charge in [0.2, 0.25) is 5.91 Å². The van der Waals surface area contributed by atoms with Crippen LogP contribution in [0.4, 0.5) is 4.79 Å². The number of hydrogen-bond acceptors (Lipinski definition) is 3. The molecule has 5 nitrogen and oxygen atoms in total. The van der Waals surface area contributed by atoms with Crippen LogP contribution in [0, 0.1) is 5.92 Å². The van der Waals surface area contributed by atoms with E-state index in [1.165, 1.54) is 0 Å². The first-order valence-electron chi connectivity index (χ1n) is 6.94. The Balaban J connectivity index is 4.20. The first-order chi connectivity index (χ1) is 8.65. The molecule has 2 atom stereocenters. The fourth-order valence-electron chi connectivity index (χ4n) is 1.61. The summed E-state index contributed by atoms with van der Waals surface area (Å²) in [5.74, 6) is 0.102. The van der Waals surface area contributed by atoms with Crippen LogP contribution in [0.15, 0.2) is 0 Å². The zero-order chi connectivity index (χ0) is 15.1. The summed E-state index contributed by atoms with van der Waals surface area (Å²) in [7, 11) is 0. The number of hydrogen-bond donors (Lipinski definition) is 2. The van der Waals surface area contributed by atoms with E-state index >= 15 is 0 Å².